The van der Waals surface area contributed by atoms with Crippen molar-refractivity contribution in [2.45, 2.75) is 16.7 Å². The standard InChI is InChI=1S/C30H22N4O2S/c1-18-17-34(21-6-11-25(29(31)36)27(15-21)37-23-9-7-22(35)8-10-23)30-28(18)24(12-13-32-30)20-14-19-4-2-3-5-26(19)33-16-20/h2-17,35H,1H3,(H2,31,36). The Morgan fingerprint density at radius 3 is 2.59 bits per heavy atom. The highest BCUT2D eigenvalue weighted by Crippen LogP contribution is 2.36. The number of aromatic hydroxyl groups is 1. The quantitative estimate of drug-likeness (QED) is 0.280. The van der Waals surface area contributed by atoms with Crippen molar-refractivity contribution in [1.82, 2.24) is 14.5 Å². The zero-order valence-corrected chi connectivity index (χ0v) is 20.7. The number of primary amides is 1. The van der Waals surface area contributed by atoms with Crippen LogP contribution in [-0.4, -0.2) is 25.5 Å². The molecule has 0 bridgehead atoms. The van der Waals surface area contributed by atoms with Gasteiger partial charge in [-0.15, -0.1) is 0 Å². The molecule has 0 fully saturated rings. The molecule has 0 aliphatic heterocycles. The molecule has 1 amide bonds. The average molecular weight is 503 g/mol. The van der Waals surface area contributed by atoms with E-state index in [9.17, 15) is 9.90 Å². The molecule has 0 radical (unpaired) electrons. The second-order valence-corrected chi connectivity index (χ2v) is 9.91. The maximum absolute atomic E-state index is 12.2. The van der Waals surface area contributed by atoms with Gasteiger partial charge in [-0.2, -0.15) is 0 Å². The summed E-state index contributed by atoms with van der Waals surface area (Å²) in [6.45, 7) is 2.07. The van der Waals surface area contributed by atoms with E-state index in [1.807, 2.05) is 53.4 Å². The first kappa shape index (κ1) is 22.8. The molecule has 3 aromatic heterocycles. The Morgan fingerprint density at radius 2 is 1.78 bits per heavy atom. The number of carbonyl (C=O) groups excluding carboxylic acids is 1. The average Bonchev–Trinajstić information content (AvgIpc) is 3.26. The predicted molar refractivity (Wildman–Crippen MR) is 147 cm³/mol. The molecule has 0 atom stereocenters. The second kappa shape index (κ2) is 9.11. The van der Waals surface area contributed by atoms with Gasteiger partial charge in [-0.3, -0.25) is 9.78 Å². The van der Waals surface area contributed by atoms with E-state index in [4.69, 9.17) is 10.7 Å². The number of nitrogens with zero attached hydrogens (tertiary/aromatic N) is 3. The Kier molecular flexibility index (Phi) is 5.62. The van der Waals surface area contributed by atoms with E-state index >= 15 is 0 Å². The number of aromatic nitrogens is 3. The maximum atomic E-state index is 12.2. The third-order valence-electron chi connectivity index (χ3n) is 6.35. The summed E-state index contributed by atoms with van der Waals surface area (Å²) in [6, 6.07) is 24.7. The Bertz CT molecular complexity index is 1810. The molecule has 0 spiro atoms. The summed E-state index contributed by atoms with van der Waals surface area (Å²) in [5, 5.41) is 11.8. The molecular weight excluding hydrogens is 480 g/mol. The van der Waals surface area contributed by atoms with E-state index in [1.54, 1.807) is 30.3 Å². The maximum Gasteiger partial charge on any atom is 0.249 e. The van der Waals surface area contributed by atoms with Gasteiger partial charge in [-0.05, 0) is 78.7 Å². The van der Waals surface area contributed by atoms with Gasteiger partial charge in [0.1, 0.15) is 11.4 Å². The lowest BCUT2D eigenvalue weighted by Gasteiger charge is -2.12. The van der Waals surface area contributed by atoms with Crippen molar-refractivity contribution in [3.8, 4) is 22.6 Å². The molecule has 3 N–H and O–H groups in total. The van der Waals surface area contributed by atoms with Crippen molar-refractivity contribution in [1.29, 1.82) is 0 Å². The van der Waals surface area contributed by atoms with E-state index in [-0.39, 0.29) is 5.75 Å². The second-order valence-electron chi connectivity index (χ2n) is 8.80. The number of amides is 1. The number of aryl methyl sites for hydroxylation is 1. The number of fused-ring (bicyclic) bond motifs is 2. The zero-order valence-electron chi connectivity index (χ0n) is 19.9. The van der Waals surface area contributed by atoms with Gasteiger partial charge in [-0.25, -0.2) is 4.98 Å². The number of para-hydroxylation sites is 1. The molecule has 6 aromatic rings. The van der Waals surface area contributed by atoms with E-state index in [1.165, 1.54) is 11.8 Å². The largest absolute Gasteiger partial charge is 0.508 e. The zero-order chi connectivity index (χ0) is 25.5. The predicted octanol–water partition coefficient (Wildman–Crippen LogP) is 6.50. The minimum atomic E-state index is -0.495. The molecule has 0 aliphatic rings. The number of rotatable bonds is 5. The molecule has 3 heterocycles. The van der Waals surface area contributed by atoms with Crippen LogP contribution in [0.2, 0.25) is 0 Å². The summed E-state index contributed by atoms with van der Waals surface area (Å²) < 4.78 is 2.04. The summed E-state index contributed by atoms with van der Waals surface area (Å²) in [5.74, 6) is -0.309. The lowest BCUT2D eigenvalue weighted by Crippen LogP contribution is -2.12. The van der Waals surface area contributed by atoms with Gasteiger partial charge in [0.15, 0.2) is 0 Å². The Morgan fingerprint density at radius 1 is 0.973 bits per heavy atom. The fourth-order valence-electron chi connectivity index (χ4n) is 4.59. The third-order valence-corrected chi connectivity index (χ3v) is 7.42. The van der Waals surface area contributed by atoms with Gasteiger partial charge in [0.2, 0.25) is 5.91 Å². The summed E-state index contributed by atoms with van der Waals surface area (Å²) >= 11 is 1.42. The lowest BCUT2D eigenvalue weighted by molar-refractivity contribution is 0.0997. The summed E-state index contributed by atoms with van der Waals surface area (Å²) in [4.78, 5) is 23.2. The van der Waals surface area contributed by atoms with E-state index < -0.39 is 5.91 Å². The van der Waals surface area contributed by atoms with Gasteiger partial charge < -0.3 is 15.4 Å². The van der Waals surface area contributed by atoms with Crippen LogP contribution in [0.3, 0.4) is 0 Å². The van der Waals surface area contributed by atoms with Crippen molar-refractivity contribution in [2.24, 2.45) is 5.73 Å². The SMILES string of the molecule is Cc1cn(-c2ccc(C(N)=O)c(Sc3ccc(O)cc3)c2)c2nccc(-c3cnc4ccccc4c3)c12. The number of hydrogen-bond acceptors (Lipinski definition) is 5. The highest BCUT2D eigenvalue weighted by atomic mass is 32.2. The minimum Gasteiger partial charge on any atom is -0.508 e. The monoisotopic (exact) mass is 502 g/mol. The highest BCUT2D eigenvalue weighted by molar-refractivity contribution is 7.99. The fourth-order valence-corrected chi connectivity index (χ4v) is 5.57. The van der Waals surface area contributed by atoms with Crippen LogP contribution in [-0.2, 0) is 0 Å². The molecule has 180 valence electrons. The third kappa shape index (κ3) is 4.19. The van der Waals surface area contributed by atoms with Crippen LogP contribution >= 0.6 is 11.8 Å². The molecule has 0 saturated carbocycles. The van der Waals surface area contributed by atoms with E-state index in [2.05, 4.69) is 30.2 Å². The van der Waals surface area contributed by atoms with Gasteiger partial charge in [0, 0.05) is 50.4 Å². The van der Waals surface area contributed by atoms with Crippen molar-refractivity contribution in [3.63, 3.8) is 0 Å². The van der Waals surface area contributed by atoms with E-state index in [0.717, 1.165) is 54.1 Å². The molecular formula is C30H22N4O2S. The van der Waals surface area contributed by atoms with Crippen molar-refractivity contribution >= 4 is 39.6 Å². The number of pyridine rings is 2. The van der Waals surface area contributed by atoms with E-state index in [0.29, 0.717) is 5.56 Å². The molecule has 3 aromatic carbocycles. The van der Waals surface area contributed by atoms with Crippen LogP contribution in [0, 0.1) is 6.92 Å². The van der Waals surface area contributed by atoms with Crippen molar-refractivity contribution in [2.75, 3.05) is 0 Å². The van der Waals surface area contributed by atoms with Gasteiger partial charge >= 0.3 is 0 Å². The van der Waals surface area contributed by atoms with Crippen LogP contribution in [0.15, 0.2) is 107 Å². The molecule has 0 saturated heterocycles. The number of nitrogens with two attached hydrogens (primary N) is 1. The number of carbonyl (C=O) groups is 1. The van der Waals surface area contributed by atoms with Crippen LogP contribution in [0.25, 0.3) is 38.8 Å². The molecule has 6 rings (SSSR count). The Balaban J connectivity index is 1.48. The first-order chi connectivity index (χ1) is 18.0. The first-order valence-electron chi connectivity index (χ1n) is 11.7. The smallest absolute Gasteiger partial charge is 0.249 e. The van der Waals surface area contributed by atoms with Gasteiger partial charge in [0.25, 0.3) is 0 Å². The molecule has 6 nitrogen and oxygen atoms in total. The molecule has 0 unspecified atom stereocenters. The molecule has 0 aliphatic carbocycles. The van der Waals surface area contributed by atoms with Gasteiger partial charge in [0.05, 0.1) is 11.1 Å². The topological polar surface area (TPSA) is 94.0 Å². The highest BCUT2D eigenvalue weighted by Gasteiger charge is 2.17. The normalized spacial score (nSPS) is 11.3. The van der Waals surface area contributed by atoms with Gasteiger partial charge in [-0.1, -0.05) is 30.0 Å². The Hall–Kier alpha value is -4.62. The first-order valence-corrected chi connectivity index (χ1v) is 12.5. The summed E-state index contributed by atoms with van der Waals surface area (Å²) in [5.41, 5.74) is 11.9. The number of hydrogen-bond donors (Lipinski definition) is 2. The summed E-state index contributed by atoms with van der Waals surface area (Å²) in [7, 11) is 0. The molecule has 37 heavy (non-hydrogen) atoms. The molecule has 7 heteroatoms. The van der Waals surface area contributed by atoms with Crippen molar-refractivity contribution in [3.05, 3.63) is 109 Å². The van der Waals surface area contributed by atoms with Crippen LogP contribution in [0.4, 0.5) is 0 Å². The number of phenols is 1. The van der Waals surface area contributed by atoms with Crippen LogP contribution in [0.1, 0.15) is 15.9 Å². The van der Waals surface area contributed by atoms with Crippen LogP contribution < -0.4 is 5.73 Å². The minimum absolute atomic E-state index is 0.186. The number of benzene rings is 3. The van der Waals surface area contributed by atoms with Crippen LogP contribution in [0.5, 0.6) is 5.75 Å². The summed E-state index contributed by atoms with van der Waals surface area (Å²) in [6.07, 6.45) is 5.78. The number of phenolic OH excluding ortho intramolecular Hbond substituents is 1. The lowest BCUT2D eigenvalue weighted by atomic mass is 10.0. The fraction of sp³-hybridized carbons (Fsp3) is 0.0333. The van der Waals surface area contributed by atoms with Crippen molar-refractivity contribution < 1.29 is 9.90 Å². The Labute approximate surface area is 217 Å².